The van der Waals surface area contributed by atoms with Crippen LogP contribution in [-0.4, -0.2) is 0 Å². The predicted molar refractivity (Wildman–Crippen MR) is 51.0 cm³/mol. The van der Waals surface area contributed by atoms with E-state index in [1.54, 1.807) is 18.2 Å². The summed E-state index contributed by atoms with van der Waals surface area (Å²) in [7, 11) is 0. The van der Waals surface area contributed by atoms with E-state index in [1.165, 1.54) is 0 Å². The van der Waals surface area contributed by atoms with Crippen LogP contribution in [-0.2, 0) is 5.88 Å². The summed E-state index contributed by atoms with van der Waals surface area (Å²) >= 11 is 17.1. The lowest BCUT2D eigenvalue weighted by atomic mass is 10.2. The zero-order valence-electron chi connectivity index (χ0n) is 5.78. The third-order valence-corrected chi connectivity index (χ3v) is 2.17. The molecule has 3 N–H and O–H groups in total. The summed E-state index contributed by atoms with van der Waals surface area (Å²) in [5.74, 6) is 0.360. The van der Waals surface area contributed by atoms with E-state index in [2.05, 4.69) is 0 Å². The van der Waals surface area contributed by atoms with E-state index in [9.17, 15) is 0 Å². The van der Waals surface area contributed by atoms with Gasteiger partial charge in [-0.05, 0) is 12.1 Å². The third kappa shape index (κ3) is 2.53. The van der Waals surface area contributed by atoms with E-state index in [0.29, 0.717) is 15.9 Å². The lowest BCUT2D eigenvalue weighted by molar-refractivity contribution is 1.40. The first-order chi connectivity index (χ1) is 4.75. The van der Waals surface area contributed by atoms with E-state index in [0.717, 1.165) is 5.56 Å². The van der Waals surface area contributed by atoms with Gasteiger partial charge in [0.25, 0.3) is 0 Å². The molecule has 1 nitrogen and oxygen atoms in total. The number of halogens is 3. The molecule has 1 aromatic rings. The van der Waals surface area contributed by atoms with Gasteiger partial charge in [-0.3, -0.25) is 0 Å². The number of benzene rings is 1. The molecule has 0 aliphatic rings. The quantitative estimate of drug-likeness (QED) is 0.704. The first kappa shape index (κ1) is 11.1. The van der Waals surface area contributed by atoms with Crippen molar-refractivity contribution in [3.05, 3.63) is 33.8 Å². The average Bonchev–Trinajstić information content (AvgIpc) is 1.88. The smallest absolute Gasteiger partial charge is 0.0503 e. The van der Waals surface area contributed by atoms with Crippen molar-refractivity contribution in [2.45, 2.75) is 5.88 Å². The molecule has 0 spiro atoms. The van der Waals surface area contributed by atoms with Crippen molar-refractivity contribution < 1.29 is 0 Å². The van der Waals surface area contributed by atoms with Crippen LogP contribution in [0, 0.1) is 0 Å². The minimum Gasteiger partial charge on any atom is -0.344 e. The Morgan fingerprint density at radius 1 is 1.09 bits per heavy atom. The van der Waals surface area contributed by atoms with Crippen LogP contribution in [0.4, 0.5) is 0 Å². The Bertz CT molecular complexity index is 217. The lowest BCUT2D eigenvalue weighted by Gasteiger charge is -2.00. The summed E-state index contributed by atoms with van der Waals surface area (Å²) in [6.45, 7) is 0. The summed E-state index contributed by atoms with van der Waals surface area (Å²) in [6, 6.07) is 5.33. The SMILES string of the molecule is ClCc1c(Cl)cccc1Cl.N. The maximum Gasteiger partial charge on any atom is 0.0503 e. The van der Waals surface area contributed by atoms with E-state index in [1.807, 2.05) is 0 Å². The highest BCUT2D eigenvalue weighted by molar-refractivity contribution is 6.37. The highest BCUT2D eigenvalue weighted by Gasteiger charge is 2.01. The molecule has 0 aliphatic heterocycles. The maximum atomic E-state index is 5.76. The van der Waals surface area contributed by atoms with Gasteiger partial charge in [0, 0.05) is 15.6 Å². The molecule has 0 saturated carbocycles. The summed E-state index contributed by atoms with van der Waals surface area (Å²) in [6.07, 6.45) is 0. The van der Waals surface area contributed by atoms with Crippen LogP contribution >= 0.6 is 34.8 Å². The first-order valence-corrected chi connectivity index (χ1v) is 4.03. The fourth-order valence-electron chi connectivity index (χ4n) is 0.660. The van der Waals surface area contributed by atoms with Crippen LogP contribution in [0.15, 0.2) is 18.2 Å². The second kappa shape index (κ2) is 4.83. The molecular weight excluding hydrogens is 204 g/mol. The van der Waals surface area contributed by atoms with E-state index in [4.69, 9.17) is 34.8 Å². The van der Waals surface area contributed by atoms with Crippen LogP contribution in [0.1, 0.15) is 5.56 Å². The molecule has 0 heterocycles. The molecule has 0 radical (unpaired) electrons. The largest absolute Gasteiger partial charge is 0.344 e. The zero-order valence-corrected chi connectivity index (χ0v) is 8.05. The van der Waals surface area contributed by atoms with Crippen molar-refractivity contribution in [3.8, 4) is 0 Å². The summed E-state index contributed by atoms with van der Waals surface area (Å²) < 4.78 is 0. The number of alkyl halides is 1. The minimum absolute atomic E-state index is 0. The van der Waals surface area contributed by atoms with Crippen LogP contribution in [0.25, 0.3) is 0 Å². The predicted octanol–water partition coefficient (Wildman–Crippen LogP) is 3.89. The second-order valence-electron chi connectivity index (χ2n) is 1.83. The highest BCUT2D eigenvalue weighted by atomic mass is 35.5. The molecule has 0 unspecified atom stereocenters. The van der Waals surface area contributed by atoms with Crippen molar-refractivity contribution in [2.75, 3.05) is 0 Å². The average molecular weight is 213 g/mol. The van der Waals surface area contributed by atoms with Crippen molar-refractivity contribution >= 4 is 34.8 Å². The molecule has 0 aliphatic carbocycles. The first-order valence-electron chi connectivity index (χ1n) is 2.74. The zero-order chi connectivity index (χ0) is 7.56. The maximum absolute atomic E-state index is 5.76. The Hall–Kier alpha value is 0.0500. The van der Waals surface area contributed by atoms with Crippen molar-refractivity contribution in [2.24, 2.45) is 0 Å². The van der Waals surface area contributed by atoms with E-state index >= 15 is 0 Å². The number of rotatable bonds is 1. The van der Waals surface area contributed by atoms with Gasteiger partial charge in [0.15, 0.2) is 0 Å². The summed E-state index contributed by atoms with van der Waals surface area (Å²) in [5, 5.41) is 1.25. The molecule has 4 heteroatoms. The highest BCUT2D eigenvalue weighted by Crippen LogP contribution is 2.25. The van der Waals surface area contributed by atoms with Crippen LogP contribution < -0.4 is 6.15 Å². The molecule has 0 atom stereocenters. The molecule has 0 amide bonds. The number of hydrogen-bond acceptors (Lipinski definition) is 1. The van der Waals surface area contributed by atoms with Gasteiger partial charge in [-0.25, -0.2) is 0 Å². The van der Waals surface area contributed by atoms with Gasteiger partial charge in [-0.15, -0.1) is 11.6 Å². The monoisotopic (exact) mass is 211 g/mol. The van der Waals surface area contributed by atoms with E-state index < -0.39 is 0 Å². The Morgan fingerprint density at radius 2 is 1.55 bits per heavy atom. The molecule has 0 aromatic heterocycles. The normalized spacial score (nSPS) is 9.00. The Balaban J connectivity index is 0.000001000. The summed E-state index contributed by atoms with van der Waals surface area (Å²) in [4.78, 5) is 0. The summed E-state index contributed by atoms with van der Waals surface area (Å²) in [5.41, 5.74) is 0.799. The van der Waals surface area contributed by atoms with Crippen LogP contribution in [0.2, 0.25) is 10.0 Å². The Kier molecular flexibility index (Phi) is 4.86. The standard InChI is InChI=1S/C7H5Cl3.H3N/c8-4-5-6(9)2-1-3-7(5)10;/h1-3H,4H2;1H3. The van der Waals surface area contributed by atoms with Gasteiger partial charge in [0.2, 0.25) is 0 Å². The molecule has 0 bridgehead atoms. The molecule has 1 rings (SSSR count). The molecule has 0 fully saturated rings. The second-order valence-corrected chi connectivity index (χ2v) is 2.92. The Morgan fingerprint density at radius 3 is 1.82 bits per heavy atom. The minimum atomic E-state index is 0. The van der Waals surface area contributed by atoms with Crippen LogP contribution in [0.3, 0.4) is 0 Å². The van der Waals surface area contributed by atoms with Gasteiger partial charge >= 0.3 is 0 Å². The Labute approximate surface area is 80.8 Å². The topological polar surface area (TPSA) is 35.0 Å². The van der Waals surface area contributed by atoms with Crippen molar-refractivity contribution in [3.63, 3.8) is 0 Å². The van der Waals surface area contributed by atoms with Crippen LogP contribution in [0.5, 0.6) is 0 Å². The molecular formula is C7H8Cl3N. The van der Waals surface area contributed by atoms with Gasteiger partial charge in [0.1, 0.15) is 0 Å². The fraction of sp³-hybridized carbons (Fsp3) is 0.143. The molecule has 0 saturated heterocycles. The van der Waals surface area contributed by atoms with Gasteiger partial charge in [0.05, 0.1) is 5.88 Å². The van der Waals surface area contributed by atoms with Gasteiger partial charge < -0.3 is 6.15 Å². The number of hydrogen-bond donors (Lipinski definition) is 1. The lowest BCUT2D eigenvalue weighted by Crippen LogP contribution is -1.80. The van der Waals surface area contributed by atoms with Crippen molar-refractivity contribution in [1.29, 1.82) is 0 Å². The fourth-order valence-corrected chi connectivity index (χ4v) is 1.62. The van der Waals surface area contributed by atoms with E-state index in [-0.39, 0.29) is 6.15 Å². The molecule has 11 heavy (non-hydrogen) atoms. The third-order valence-electron chi connectivity index (χ3n) is 1.20. The van der Waals surface area contributed by atoms with Gasteiger partial charge in [-0.1, -0.05) is 29.3 Å². The molecule has 1 aromatic carbocycles. The van der Waals surface area contributed by atoms with Gasteiger partial charge in [-0.2, -0.15) is 0 Å². The molecule has 62 valence electrons. The van der Waals surface area contributed by atoms with Crippen molar-refractivity contribution in [1.82, 2.24) is 6.15 Å².